The number of hydrogen-bond acceptors (Lipinski definition) is 5. The molecule has 0 saturated heterocycles. The van der Waals surface area contributed by atoms with Crippen molar-refractivity contribution >= 4 is 11.5 Å². The SMILES string of the molecule is COc1ccc(C(=O)c2ncccc2N)cc1OC. The van der Waals surface area contributed by atoms with Gasteiger partial charge in [-0.05, 0) is 30.3 Å². The van der Waals surface area contributed by atoms with Crippen molar-refractivity contribution in [3.63, 3.8) is 0 Å². The van der Waals surface area contributed by atoms with E-state index in [0.29, 0.717) is 22.7 Å². The highest BCUT2D eigenvalue weighted by atomic mass is 16.5. The topological polar surface area (TPSA) is 74.4 Å². The number of benzene rings is 1. The molecule has 5 nitrogen and oxygen atoms in total. The number of nitrogens with zero attached hydrogens (tertiary/aromatic N) is 1. The molecule has 0 spiro atoms. The van der Waals surface area contributed by atoms with Crippen molar-refractivity contribution in [2.24, 2.45) is 0 Å². The molecule has 0 bridgehead atoms. The lowest BCUT2D eigenvalue weighted by Crippen LogP contribution is -2.08. The van der Waals surface area contributed by atoms with Gasteiger partial charge in [0.25, 0.3) is 0 Å². The van der Waals surface area contributed by atoms with Gasteiger partial charge in [-0.15, -0.1) is 0 Å². The molecule has 2 aromatic rings. The molecule has 0 saturated carbocycles. The minimum Gasteiger partial charge on any atom is -0.493 e. The van der Waals surface area contributed by atoms with Crippen molar-refractivity contribution in [1.82, 2.24) is 4.98 Å². The van der Waals surface area contributed by atoms with Crippen LogP contribution >= 0.6 is 0 Å². The number of aromatic nitrogens is 1. The second-order valence-electron chi connectivity index (χ2n) is 3.84. The average Bonchev–Trinajstić information content (AvgIpc) is 2.46. The van der Waals surface area contributed by atoms with Crippen molar-refractivity contribution in [3.8, 4) is 11.5 Å². The standard InChI is InChI=1S/C14H14N2O3/c1-18-11-6-5-9(8-12(11)19-2)14(17)13-10(15)4-3-7-16-13/h3-8H,15H2,1-2H3. The molecule has 0 unspecified atom stereocenters. The molecule has 1 aromatic carbocycles. The summed E-state index contributed by atoms with van der Waals surface area (Å²) < 4.78 is 10.3. The number of nitrogens with two attached hydrogens (primary N) is 1. The summed E-state index contributed by atoms with van der Waals surface area (Å²) in [4.78, 5) is 16.3. The fraction of sp³-hybridized carbons (Fsp3) is 0.143. The largest absolute Gasteiger partial charge is 0.493 e. The second-order valence-corrected chi connectivity index (χ2v) is 3.84. The molecule has 0 aliphatic rings. The summed E-state index contributed by atoms with van der Waals surface area (Å²) in [6, 6.07) is 8.25. The Morgan fingerprint density at radius 1 is 1.16 bits per heavy atom. The van der Waals surface area contributed by atoms with Gasteiger partial charge >= 0.3 is 0 Å². The third kappa shape index (κ3) is 2.49. The molecule has 2 rings (SSSR count). The number of hydrogen-bond donors (Lipinski definition) is 1. The van der Waals surface area contributed by atoms with E-state index in [0.717, 1.165) is 0 Å². The Labute approximate surface area is 111 Å². The summed E-state index contributed by atoms with van der Waals surface area (Å²) in [5.74, 6) is 0.801. The number of carbonyl (C=O) groups excluding carboxylic acids is 1. The van der Waals surface area contributed by atoms with Crippen LogP contribution in [0.5, 0.6) is 11.5 Å². The van der Waals surface area contributed by atoms with Crippen molar-refractivity contribution < 1.29 is 14.3 Å². The molecule has 19 heavy (non-hydrogen) atoms. The van der Waals surface area contributed by atoms with E-state index in [1.807, 2.05) is 0 Å². The van der Waals surface area contributed by atoms with Crippen LogP contribution in [0.4, 0.5) is 5.69 Å². The number of ketones is 1. The van der Waals surface area contributed by atoms with Gasteiger partial charge in [0.15, 0.2) is 11.5 Å². The Morgan fingerprint density at radius 2 is 1.89 bits per heavy atom. The smallest absolute Gasteiger partial charge is 0.213 e. The van der Waals surface area contributed by atoms with Crippen LogP contribution < -0.4 is 15.2 Å². The van der Waals surface area contributed by atoms with Gasteiger partial charge in [0, 0.05) is 11.8 Å². The maximum absolute atomic E-state index is 12.3. The second kappa shape index (κ2) is 5.39. The van der Waals surface area contributed by atoms with Crippen LogP contribution in [0.2, 0.25) is 0 Å². The zero-order chi connectivity index (χ0) is 13.8. The molecule has 0 aliphatic heterocycles. The Bertz CT molecular complexity index is 611. The van der Waals surface area contributed by atoms with Crippen LogP contribution in [0.15, 0.2) is 36.5 Å². The lowest BCUT2D eigenvalue weighted by atomic mass is 10.1. The molecule has 1 aromatic heterocycles. The van der Waals surface area contributed by atoms with Gasteiger partial charge in [0.1, 0.15) is 5.69 Å². The van der Waals surface area contributed by atoms with Crippen molar-refractivity contribution in [2.75, 3.05) is 20.0 Å². The van der Waals surface area contributed by atoms with Crippen LogP contribution in [-0.4, -0.2) is 25.0 Å². The predicted molar refractivity (Wildman–Crippen MR) is 71.6 cm³/mol. The van der Waals surface area contributed by atoms with Crippen molar-refractivity contribution in [3.05, 3.63) is 47.8 Å². The fourth-order valence-corrected chi connectivity index (χ4v) is 1.72. The van der Waals surface area contributed by atoms with E-state index in [4.69, 9.17) is 15.2 Å². The zero-order valence-corrected chi connectivity index (χ0v) is 10.7. The van der Waals surface area contributed by atoms with Crippen LogP contribution in [0.1, 0.15) is 16.1 Å². The quantitative estimate of drug-likeness (QED) is 0.848. The highest BCUT2D eigenvalue weighted by Crippen LogP contribution is 2.28. The Kier molecular flexibility index (Phi) is 3.66. The van der Waals surface area contributed by atoms with E-state index in [1.165, 1.54) is 20.4 Å². The number of ether oxygens (including phenoxy) is 2. The highest BCUT2D eigenvalue weighted by Gasteiger charge is 2.15. The number of pyridine rings is 1. The number of carbonyl (C=O) groups is 1. The van der Waals surface area contributed by atoms with E-state index in [-0.39, 0.29) is 11.5 Å². The minimum atomic E-state index is -0.251. The molecule has 2 N–H and O–H groups in total. The van der Waals surface area contributed by atoms with Crippen LogP contribution in [0, 0.1) is 0 Å². The summed E-state index contributed by atoms with van der Waals surface area (Å²) in [7, 11) is 3.05. The first-order chi connectivity index (χ1) is 9.17. The molecule has 0 atom stereocenters. The van der Waals surface area contributed by atoms with Crippen molar-refractivity contribution in [1.29, 1.82) is 0 Å². The average molecular weight is 258 g/mol. The maximum atomic E-state index is 12.3. The molecule has 98 valence electrons. The van der Waals surface area contributed by atoms with E-state index in [1.54, 1.807) is 30.3 Å². The molecule has 0 radical (unpaired) electrons. The Morgan fingerprint density at radius 3 is 2.53 bits per heavy atom. The lowest BCUT2D eigenvalue weighted by Gasteiger charge is -2.09. The van der Waals surface area contributed by atoms with Crippen LogP contribution in [0.25, 0.3) is 0 Å². The number of nitrogen functional groups attached to an aromatic ring is 1. The van der Waals surface area contributed by atoms with Crippen LogP contribution in [0.3, 0.4) is 0 Å². The molecule has 0 aliphatic carbocycles. The zero-order valence-electron chi connectivity index (χ0n) is 10.7. The van der Waals surface area contributed by atoms with Gasteiger partial charge in [0.2, 0.25) is 5.78 Å². The first-order valence-corrected chi connectivity index (χ1v) is 5.64. The first-order valence-electron chi connectivity index (χ1n) is 5.64. The van der Waals surface area contributed by atoms with Gasteiger partial charge < -0.3 is 15.2 Å². The van der Waals surface area contributed by atoms with Gasteiger partial charge in [-0.1, -0.05) is 0 Å². The van der Waals surface area contributed by atoms with E-state index < -0.39 is 0 Å². The summed E-state index contributed by atoms with van der Waals surface area (Å²) in [6.07, 6.45) is 1.53. The predicted octanol–water partition coefficient (Wildman–Crippen LogP) is 1.91. The summed E-state index contributed by atoms with van der Waals surface area (Å²) in [5, 5.41) is 0. The van der Waals surface area contributed by atoms with E-state index in [9.17, 15) is 4.79 Å². The molecular formula is C14H14N2O3. The normalized spacial score (nSPS) is 10.0. The van der Waals surface area contributed by atoms with Crippen molar-refractivity contribution in [2.45, 2.75) is 0 Å². The number of rotatable bonds is 4. The van der Waals surface area contributed by atoms with Gasteiger partial charge in [-0.25, -0.2) is 0 Å². The van der Waals surface area contributed by atoms with Gasteiger partial charge in [-0.2, -0.15) is 0 Å². The Balaban J connectivity index is 2.42. The maximum Gasteiger partial charge on any atom is 0.213 e. The number of methoxy groups -OCH3 is 2. The minimum absolute atomic E-state index is 0.231. The Hall–Kier alpha value is -2.56. The third-order valence-corrected chi connectivity index (χ3v) is 2.70. The molecule has 1 heterocycles. The van der Waals surface area contributed by atoms with Crippen LogP contribution in [-0.2, 0) is 0 Å². The summed E-state index contributed by atoms with van der Waals surface area (Å²) >= 11 is 0. The van der Waals surface area contributed by atoms with E-state index in [2.05, 4.69) is 4.98 Å². The molecule has 0 amide bonds. The molecular weight excluding hydrogens is 244 g/mol. The molecule has 0 fully saturated rings. The van der Waals surface area contributed by atoms with E-state index >= 15 is 0 Å². The lowest BCUT2D eigenvalue weighted by molar-refractivity contribution is 0.103. The van der Waals surface area contributed by atoms with Gasteiger partial charge in [0.05, 0.1) is 19.9 Å². The van der Waals surface area contributed by atoms with Gasteiger partial charge in [-0.3, -0.25) is 9.78 Å². The fourth-order valence-electron chi connectivity index (χ4n) is 1.72. The first kappa shape index (κ1) is 12.9. The number of anilines is 1. The third-order valence-electron chi connectivity index (χ3n) is 2.70. The molecule has 5 heteroatoms. The monoisotopic (exact) mass is 258 g/mol. The highest BCUT2D eigenvalue weighted by molar-refractivity contribution is 6.10. The summed E-state index contributed by atoms with van der Waals surface area (Å²) in [5.41, 5.74) is 6.77. The summed E-state index contributed by atoms with van der Waals surface area (Å²) in [6.45, 7) is 0.